The minimum atomic E-state index is -0.0446. The smallest absolute Gasteiger partial charge is 0.0564 e. The summed E-state index contributed by atoms with van der Waals surface area (Å²) in [5.41, 5.74) is 0.491. The average molecular weight is 229 g/mol. The van der Waals surface area contributed by atoms with Crippen LogP contribution in [0.25, 0.3) is 0 Å². The second-order valence-electron chi connectivity index (χ2n) is 5.37. The molecule has 1 aliphatic carbocycles. The van der Waals surface area contributed by atoms with Crippen LogP contribution >= 0.6 is 12.6 Å². The third-order valence-corrected chi connectivity index (χ3v) is 4.79. The molecule has 0 aromatic carbocycles. The Labute approximate surface area is 98.5 Å². The van der Waals surface area contributed by atoms with E-state index in [2.05, 4.69) is 17.5 Å². The first kappa shape index (κ1) is 11.7. The first-order chi connectivity index (χ1) is 7.24. The summed E-state index contributed by atoms with van der Waals surface area (Å²) in [5, 5.41) is 9.47. The number of nitrogens with zero attached hydrogens (tertiary/aromatic N) is 1. The van der Waals surface area contributed by atoms with Crippen LogP contribution in [0.3, 0.4) is 0 Å². The number of thiol groups is 1. The van der Waals surface area contributed by atoms with Crippen LogP contribution in [0, 0.1) is 5.41 Å². The highest BCUT2D eigenvalue weighted by molar-refractivity contribution is 7.80. The van der Waals surface area contributed by atoms with E-state index in [1.807, 2.05) is 0 Å². The van der Waals surface area contributed by atoms with Gasteiger partial charge in [-0.25, -0.2) is 0 Å². The van der Waals surface area contributed by atoms with Crippen molar-refractivity contribution in [1.29, 1.82) is 0 Å². The van der Waals surface area contributed by atoms with E-state index < -0.39 is 0 Å². The highest BCUT2D eigenvalue weighted by Gasteiger charge is 2.34. The summed E-state index contributed by atoms with van der Waals surface area (Å²) in [4.78, 5) is 2.54. The largest absolute Gasteiger partial charge is 0.393 e. The van der Waals surface area contributed by atoms with Gasteiger partial charge in [0.1, 0.15) is 0 Å². The number of hydrogen-bond donors (Lipinski definition) is 2. The maximum absolute atomic E-state index is 9.47. The van der Waals surface area contributed by atoms with E-state index in [4.69, 9.17) is 0 Å². The van der Waals surface area contributed by atoms with Crippen molar-refractivity contribution < 1.29 is 5.11 Å². The molecule has 2 rings (SSSR count). The summed E-state index contributed by atoms with van der Waals surface area (Å²) in [6.45, 7) is 3.37. The van der Waals surface area contributed by atoms with Gasteiger partial charge in [0, 0.05) is 19.6 Å². The molecular weight excluding hydrogens is 206 g/mol. The number of hydrogen-bond acceptors (Lipinski definition) is 3. The van der Waals surface area contributed by atoms with E-state index in [-0.39, 0.29) is 6.10 Å². The molecule has 2 aliphatic rings. The summed E-state index contributed by atoms with van der Waals surface area (Å²) >= 11 is 4.54. The zero-order valence-corrected chi connectivity index (χ0v) is 10.4. The van der Waals surface area contributed by atoms with Crippen molar-refractivity contribution in [3.05, 3.63) is 0 Å². The van der Waals surface area contributed by atoms with Crippen LogP contribution in [-0.2, 0) is 0 Å². The van der Waals surface area contributed by atoms with Gasteiger partial charge < -0.3 is 10.0 Å². The lowest BCUT2D eigenvalue weighted by molar-refractivity contribution is 0.0621. The molecule has 1 saturated heterocycles. The number of aliphatic hydroxyl groups excluding tert-OH is 1. The van der Waals surface area contributed by atoms with Crippen LogP contribution in [0.2, 0.25) is 0 Å². The van der Waals surface area contributed by atoms with E-state index in [1.165, 1.54) is 32.2 Å². The summed E-state index contributed by atoms with van der Waals surface area (Å²) in [6, 6.07) is 0. The maximum atomic E-state index is 9.47. The normalized spacial score (nSPS) is 28.4. The van der Waals surface area contributed by atoms with Gasteiger partial charge in [0.05, 0.1) is 6.10 Å². The molecule has 0 bridgehead atoms. The zero-order chi connectivity index (χ0) is 10.7. The van der Waals surface area contributed by atoms with Crippen LogP contribution in [-0.4, -0.2) is 41.5 Å². The van der Waals surface area contributed by atoms with Crippen molar-refractivity contribution in [3.8, 4) is 0 Å². The molecule has 0 unspecified atom stereocenters. The minimum Gasteiger partial charge on any atom is -0.393 e. The quantitative estimate of drug-likeness (QED) is 0.723. The lowest BCUT2D eigenvalue weighted by Crippen LogP contribution is -2.43. The lowest BCUT2D eigenvalue weighted by Gasteiger charge is -2.37. The van der Waals surface area contributed by atoms with E-state index in [0.29, 0.717) is 5.41 Å². The Morgan fingerprint density at radius 1 is 1.20 bits per heavy atom. The van der Waals surface area contributed by atoms with Crippen molar-refractivity contribution in [1.82, 2.24) is 4.90 Å². The predicted molar refractivity (Wildman–Crippen MR) is 66.4 cm³/mol. The van der Waals surface area contributed by atoms with E-state index in [1.54, 1.807) is 0 Å². The fourth-order valence-corrected chi connectivity index (χ4v) is 3.46. The average Bonchev–Trinajstić information content (AvgIpc) is 2.71. The molecule has 88 valence electrons. The molecule has 1 N–H and O–H groups in total. The topological polar surface area (TPSA) is 23.5 Å². The summed E-state index contributed by atoms with van der Waals surface area (Å²) in [7, 11) is 0. The summed E-state index contributed by atoms with van der Waals surface area (Å²) in [6.07, 6.45) is 7.36. The van der Waals surface area contributed by atoms with Gasteiger partial charge in [-0.15, -0.1) is 0 Å². The number of aliphatic hydroxyl groups is 1. The molecule has 2 fully saturated rings. The molecule has 0 aromatic heterocycles. The fraction of sp³-hybridized carbons (Fsp3) is 1.00. The van der Waals surface area contributed by atoms with Gasteiger partial charge in [-0.2, -0.15) is 12.6 Å². The van der Waals surface area contributed by atoms with Crippen molar-refractivity contribution in [2.24, 2.45) is 5.41 Å². The van der Waals surface area contributed by atoms with Gasteiger partial charge in [-0.05, 0) is 36.9 Å². The molecule has 15 heavy (non-hydrogen) atoms. The third-order valence-electron chi connectivity index (χ3n) is 4.12. The molecule has 0 atom stereocenters. The monoisotopic (exact) mass is 229 g/mol. The van der Waals surface area contributed by atoms with Crippen LogP contribution in [0.4, 0.5) is 0 Å². The molecule has 1 aliphatic heterocycles. The number of rotatable bonds is 3. The Bertz CT molecular complexity index is 196. The Morgan fingerprint density at radius 2 is 1.80 bits per heavy atom. The molecule has 1 heterocycles. The number of piperidine rings is 1. The van der Waals surface area contributed by atoms with Crippen LogP contribution in [0.15, 0.2) is 0 Å². The summed E-state index contributed by atoms with van der Waals surface area (Å²) < 4.78 is 0. The van der Waals surface area contributed by atoms with Crippen molar-refractivity contribution in [3.63, 3.8) is 0 Å². The Kier molecular flexibility index (Phi) is 3.97. The van der Waals surface area contributed by atoms with Crippen LogP contribution < -0.4 is 0 Å². The second-order valence-corrected chi connectivity index (χ2v) is 5.69. The van der Waals surface area contributed by atoms with E-state index in [9.17, 15) is 5.11 Å². The minimum absolute atomic E-state index is 0.0446. The molecule has 0 spiro atoms. The van der Waals surface area contributed by atoms with Crippen LogP contribution in [0.5, 0.6) is 0 Å². The first-order valence-electron chi connectivity index (χ1n) is 6.25. The van der Waals surface area contributed by atoms with Gasteiger partial charge in [0.2, 0.25) is 0 Å². The molecule has 1 saturated carbocycles. The van der Waals surface area contributed by atoms with Gasteiger partial charge >= 0.3 is 0 Å². The highest BCUT2D eigenvalue weighted by atomic mass is 32.1. The number of likely N-dealkylation sites (tertiary alicyclic amines) is 1. The Balaban J connectivity index is 1.84. The highest BCUT2D eigenvalue weighted by Crippen LogP contribution is 2.40. The molecular formula is C12H23NOS. The van der Waals surface area contributed by atoms with Gasteiger partial charge in [-0.3, -0.25) is 0 Å². The standard InChI is InChI=1S/C12H23NOS/c14-11-3-7-13(8-4-11)9-12(10-15)5-1-2-6-12/h11,14-15H,1-10H2. The molecule has 0 aromatic rings. The van der Waals surface area contributed by atoms with E-state index >= 15 is 0 Å². The predicted octanol–water partition coefficient (Wildman–Crippen LogP) is 1.93. The molecule has 0 amide bonds. The zero-order valence-electron chi connectivity index (χ0n) is 9.49. The van der Waals surface area contributed by atoms with Gasteiger partial charge in [-0.1, -0.05) is 12.8 Å². The Hall–Kier alpha value is 0.270. The van der Waals surface area contributed by atoms with Crippen LogP contribution in [0.1, 0.15) is 38.5 Å². The maximum Gasteiger partial charge on any atom is 0.0564 e. The lowest BCUT2D eigenvalue weighted by atomic mass is 9.87. The van der Waals surface area contributed by atoms with E-state index in [0.717, 1.165) is 31.7 Å². The second kappa shape index (κ2) is 5.07. The molecule has 2 nitrogen and oxygen atoms in total. The van der Waals surface area contributed by atoms with Gasteiger partial charge in [0.25, 0.3) is 0 Å². The SMILES string of the molecule is OC1CCN(CC2(CS)CCCC2)CC1. The van der Waals surface area contributed by atoms with Crippen molar-refractivity contribution in [2.45, 2.75) is 44.6 Å². The molecule has 0 radical (unpaired) electrons. The summed E-state index contributed by atoms with van der Waals surface area (Å²) in [5.74, 6) is 1.03. The Morgan fingerprint density at radius 3 is 2.33 bits per heavy atom. The molecule has 3 heteroatoms. The van der Waals surface area contributed by atoms with Crippen molar-refractivity contribution in [2.75, 3.05) is 25.4 Å². The van der Waals surface area contributed by atoms with Gasteiger partial charge in [0.15, 0.2) is 0 Å². The fourth-order valence-electron chi connectivity index (χ4n) is 3.04. The third kappa shape index (κ3) is 2.89. The first-order valence-corrected chi connectivity index (χ1v) is 6.89. The van der Waals surface area contributed by atoms with Crippen molar-refractivity contribution >= 4 is 12.6 Å².